The molecule has 3 rings (SSSR count). The van der Waals surface area contributed by atoms with Gasteiger partial charge in [0.05, 0.1) is 17.6 Å². The van der Waals surface area contributed by atoms with Crippen molar-refractivity contribution in [1.29, 1.82) is 5.26 Å². The molecule has 2 nitrogen and oxygen atoms in total. The molecule has 136 valence electrons. The molecule has 0 spiro atoms. The zero-order valence-electron chi connectivity index (χ0n) is 15.9. The van der Waals surface area contributed by atoms with Gasteiger partial charge < -0.3 is 4.74 Å². The van der Waals surface area contributed by atoms with E-state index < -0.39 is 0 Å². The van der Waals surface area contributed by atoms with Crippen LogP contribution in [-0.4, -0.2) is 13.2 Å². The molecule has 2 heteroatoms. The molecule has 0 aliphatic heterocycles. The second kappa shape index (κ2) is 8.22. The molecule has 0 unspecified atom stereocenters. The van der Waals surface area contributed by atoms with Crippen molar-refractivity contribution < 1.29 is 4.74 Å². The molecule has 0 saturated heterocycles. The van der Waals surface area contributed by atoms with E-state index in [4.69, 9.17) is 4.74 Å². The molecular weight excluding hydrogens is 294 g/mol. The molecule has 3 saturated carbocycles. The smallest absolute Gasteiger partial charge is 0.0692 e. The van der Waals surface area contributed by atoms with Crippen LogP contribution in [-0.2, 0) is 4.74 Å². The highest BCUT2D eigenvalue weighted by atomic mass is 16.5. The number of nitrogens with zero attached hydrogens (tertiary/aromatic N) is 1. The first-order valence-electron chi connectivity index (χ1n) is 10.6. The number of hydrogen-bond acceptors (Lipinski definition) is 2. The Hall–Kier alpha value is -0.550. The molecule has 0 aromatic heterocycles. The van der Waals surface area contributed by atoms with Crippen LogP contribution in [0.4, 0.5) is 0 Å². The maximum absolute atomic E-state index is 9.93. The molecule has 0 radical (unpaired) electrons. The molecule has 0 heterocycles. The Morgan fingerprint density at radius 3 is 1.88 bits per heavy atom. The van der Waals surface area contributed by atoms with Gasteiger partial charge >= 0.3 is 0 Å². The lowest BCUT2D eigenvalue weighted by atomic mass is 9.59. The van der Waals surface area contributed by atoms with Crippen molar-refractivity contribution in [1.82, 2.24) is 0 Å². The van der Waals surface area contributed by atoms with Gasteiger partial charge in [-0.3, -0.25) is 0 Å². The fourth-order valence-corrected chi connectivity index (χ4v) is 6.16. The third-order valence-electron chi connectivity index (χ3n) is 8.07. The monoisotopic (exact) mass is 331 g/mol. The molecule has 3 aliphatic carbocycles. The largest absolute Gasteiger partial charge is 0.381 e. The van der Waals surface area contributed by atoms with Gasteiger partial charge in [0.25, 0.3) is 0 Å². The minimum Gasteiger partial charge on any atom is -0.381 e. The summed E-state index contributed by atoms with van der Waals surface area (Å²) in [5.74, 6) is 3.63. The van der Waals surface area contributed by atoms with E-state index in [1.807, 2.05) is 7.11 Å². The van der Waals surface area contributed by atoms with E-state index in [-0.39, 0.29) is 5.41 Å². The maximum atomic E-state index is 9.93. The van der Waals surface area contributed by atoms with Gasteiger partial charge in [-0.25, -0.2) is 0 Å². The fourth-order valence-electron chi connectivity index (χ4n) is 6.16. The molecular formula is C22H37NO. The second-order valence-electron chi connectivity index (χ2n) is 9.00. The Labute approximate surface area is 149 Å². The zero-order chi connectivity index (χ0) is 17.0. The van der Waals surface area contributed by atoms with Crippen LogP contribution >= 0.6 is 0 Å². The van der Waals surface area contributed by atoms with Crippen LogP contribution in [0.15, 0.2) is 0 Å². The van der Waals surface area contributed by atoms with Gasteiger partial charge in [-0.05, 0) is 87.9 Å². The number of rotatable bonds is 4. The molecule has 3 aliphatic rings. The van der Waals surface area contributed by atoms with Crippen LogP contribution in [0.5, 0.6) is 0 Å². The quantitative estimate of drug-likeness (QED) is 0.622. The standard InChI is InChI=1S/C22H37NO/c1-3-17-4-6-18(7-5-17)19-8-10-20(11-9-19)22(16-23)14-12-21(24-2)13-15-22/h17-21H,3-15H2,1-2H3. The van der Waals surface area contributed by atoms with Crippen LogP contribution < -0.4 is 0 Å². The van der Waals surface area contributed by atoms with E-state index in [9.17, 15) is 5.26 Å². The van der Waals surface area contributed by atoms with E-state index >= 15 is 0 Å². The lowest BCUT2D eigenvalue weighted by Crippen LogP contribution is -2.38. The van der Waals surface area contributed by atoms with Crippen molar-refractivity contribution in [2.24, 2.45) is 29.1 Å². The lowest BCUT2D eigenvalue weighted by molar-refractivity contribution is 0.00996. The normalized spacial score (nSPS) is 44.0. The highest BCUT2D eigenvalue weighted by molar-refractivity contribution is 5.06. The van der Waals surface area contributed by atoms with E-state index in [0.29, 0.717) is 12.0 Å². The summed E-state index contributed by atoms with van der Waals surface area (Å²) in [5, 5.41) is 9.93. The van der Waals surface area contributed by atoms with Gasteiger partial charge in [-0.2, -0.15) is 5.26 Å². The number of nitriles is 1. The summed E-state index contributed by atoms with van der Waals surface area (Å²) in [4.78, 5) is 0. The van der Waals surface area contributed by atoms with Gasteiger partial charge in [-0.15, -0.1) is 0 Å². The minimum atomic E-state index is -0.0279. The molecule has 0 atom stereocenters. The summed E-state index contributed by atoms with van der Waals surface area (Å²) < 4.78 is 5.52. The number of hydrogen-bond donors (Lipinski definition) is 0. The Bertz CT molecular complexity index is 416. The van der Waals surface area contributed by atoms with Crippen LogP contribution in [0.25, 0.3) is 0 Å². The summed E-state index contributed by atoms with van der Waals surface area (Å²) in [5.41, 5.74) is -0.0279. The average Bonchev–Trinajstić information content (AvgIpc) is 2.68. The Morgan fingerprint density at radius 2 is 1.42 bits per heavy atom. The summed E-state index contributed by atoms with van der Waals surface area (Å²) in [6.07, 6.45) is 17.4. The van der Waals surface area contributed by atoms with E-state index in [0.717, 1.165) is 43.4 Å². The predicted molar refractivity (Wildman–Crippen MR) is 98.5 cm³/mol. The second-order valence-corrected chi connectivity index (χ2v) is 9.00. The Kier molecular flexibility index (Phi) is 6.25. The molecule has 24 heavy (non-hydrogen) atoms. The van der Waals surface area contributed by atoms with Crippen molar-refractivity contribution in [3.8, 4) is 6.07 Å². The van der Waals surface area contributed by atoms with E-state index in [1.54, 1.807) is 0 Å². The first-order chi connectivity index (χ1) is 11.7. The average molecular weight is 332 g/mol. The summed E-state index contributed by atoms with van der Waals surface area (Å²) >= 11 is 0. The van der Waals surface area contributed by atoms with E-state index in [2.05, 4.69) is 13.0 Å². The zero-order valence-corrected chi connectivity index (χ0v) is 15.9. The van der Waals surface area contributed by atoms with Crippen LogP contribution in [0, 0.1) is 40.4 Å². The number of ether oxygens (including phenoxy) is 1. The van der Waals surface area contributed by atoms with Gasteiger partial charge in [0.2, 0.25) is 0 Å². The minimum absolute atomic E-state index is 0.0279. The van der Waals surface area contributed by atoms with Crippen molar-refractivity contribution in [3.63, 3.8) is 0 Å². The van der Waals surface area contributed by atoms with Crippen molar-refractivity contribution in [2.75, 3.05) is 7.11 Å². The first kappa shape index (κ1) is 18.2. The molecule has 0 aromatic carbocycles. The first-order valence-corrected chi connectivity index (χ1v) is 10.6. The summed E-state index contributed by atoms with van der Waals surface area (Å²) in [7, 11) is 1.82. The van der Waals surface area contributed by atoms with Gasteiger partial charge in [0.15, 0.2) is 0 Å². The predicted octanol–water partition coefficient (Wildman–Crippen LogP) is 6.11. The molecule has 0 N–H and O–H groups in total. The van der Waals surface area contributed by atoms with Crippen LogP contribution in [0.1, 0.15) is 90.4 Å². The lowest BCUT2D eigenvalue weighted by Gasteiger charge is -2.45. The van der Waals surface area contributed by atoms with Gasteiger partial charge in [-0.1, -0.05) is 26.2 Å². The Balaban J connectivity index is 1.50. The third-order valence-corrected chi connectivity index (χ3v) is 8.07. The number of methoxy groups -OCH3 is 1. The molecule has 3 fully saturated rings. The maximum Gasteiger partial charge on any atom is 0.0692 e. The molecule has 0 amide bonds. The highest BCUT2D eigenvalue weighted by Gasteiger charge is 2.44. The topological polar surface area (TPSA) is 33.0 Å². The molecule has 0 aromatic rings. The van der Waals surface area contributed by atoms with E-state index in [1.165, 1.54) is 57.8 Å². The summed E-state index contributed by atoms with van der Waals surface area (Å²) in [6, 6.07) is 2.78. The van der Waals surface area contributed by atoms with Crippen LogP contribution in [0.3, 0.4) is 0 Å². The van der Waals surface area contributed by atoms with Crippen molar-refractivity contribution >= 4 is 0 Å². The SMILES string of the molecule is CCC1CCC(C2CCC(C3(C#N)CCC(OC)CC3)CC2)CC1. The fraction of sp³-hybridized carbons (Fsp3) is 0.955. The molecule has 0 bridgehead atoms. The summed E-state index contributed by atoms with van der Waals surface area (Å²) in [6.45, 7) is 2.36. The van der Waals surface area contributed by atoms with Crippen LogP contribution in [0.2, 0.25) is 0 Å². The van der Waals surface area contributed by atoms with Gasteiger partial charge in [0, 0.05) is 7.11 Å². The Morgan fingerprint density at radius 1 is 0.875 bits per heavy atom. The third kappa shape index (κ3) is 3.82. The van der Waals surface area contributed by atoms with Gasteiger partial charge in [0.1, 0.15) is 0 Å². The van der Waals surface area contributed by atoms with Crippen molar-refractivity contribution in [3.05, 3.63) is 0 Å². The highest BCUT2D eigenvalue weighted by Crippen LogP contribution is 2.51. The van der Waals surface area contributed by atoms with Crippen molar-refractivity contribution in [2.45, 2.75) is 96.5 Å².